The molecule has 0 aliphatic carbocycles. The van der Waals surface area contributed by atoms with E-state index in [0.29, 0.717) is 27.9 Å². The zero-order valence-corrected chi connectivity index (χ0v) is 17.3. The molecule has 27 heavy (non-hydrogen) atoms. The molecule has 0 aromatic heterocycles. The lowest BCUT2D eigenvalue weighted by molar-refractivity contribution is 0.0736. The number of ether oxygens (including phenoxy) is 1. The van der Waals surface area contributed by atoms with Gasteiger partial charge in [-0.25, -0.2) is 0 Å². The fraction of sp³-hybridized carbons (Fsp3) is 0.550. The van der Waals surface area contributed by atoms with Crippen LogP contribution in [0.15, 0.2) is 12.1 Å². The van der Waals surface area contributed by atoms with Crippen LogP contribution in [0.4, 0.5) is 5.69 Å². The summed E-state index contributed by atoms with van der Waals surface area (Å²) in [5, 5.41) is 3.55. The Morgan fingerprint density at radius 1 is 1.41 bits per heavy atom. The Kier molecular flexibility index (Phi) is 7.67. The Morgan fingerprint density at radius 2 is 2.19 bits per heavy atom. The monoisotopic (exact) mass is 411 g/mol. The predicted octanol–water partition coefficient (Wildman–Crippen LogP) is 3.35. The average Bonchev–Trinajstić information content (AvgIpc) is 2.61. The summed E-state index contributed by atoms with van der Waals surface area (Å²) in [4.78, 5) is 15.4. The van der Waals surface area contributed by atoms with Gasteiger partial charge in [0.05, 0.1) is 16.3 Å². The van der Waals surface area contributed by atoms with E-state index in [1.54, 1.807) is 19.1 Å². The summed E-state index contributed by atoms with van der Waals surface area (Å²) in [6, 6.07) is 3.38. The molecule has 2 bridgehead atoms. The third kappa shape index (κ3) is 5.22. The Bertz CT molecular complexity index is 745. The molecule has 1 amide bonds. The van der Waals surface area contributed by atoms with Gasteiger partial charge in [-0.1, -0.05) is 17.5 Å². The molecule has 1 unspecified atom stereocenters. The highest BCUT2D eigenvalue weighted by Crippen LogP contribution is 2.31. The van der Waals surface area contributed by atoms with E-state index in [2.05, 4.69) is 22.1 Å². The molecular weight excluding hydrogens is 385 g/mol. The van der Waals surface area contributed by atoms with E-state index in [1.165, 1.54) is 13.0 Å². The number of nitrogens with one attached hydrogen (secondary N) is 1. The number of nitrogen functional groups attached to an aromatic ring is 1. The summed E-state index contributed by atoms with van der Waals surface area (Å²) >= 11 is 6.16. The zero-order valence-electron chi connectivity index (χ0n) is 15.8. The van der Waals surface area contributed by atoms with Crippen molar-refractivity contribution in [2.24, 2.45) is 5.92 Å². The van der Waals surface area contributed by atoms with E-state index in [-0.39, 0.29) is 30.5 Å². The summed E-state index contributed by atoms with van der Waals surface area (Å²) in [5.41, 5.74) is 6.70. The van der Waals surface area contributed by atoms with E-state index in [4.69, 9.17) is 22.1 Å². The predicted molar refractivity (Wildman–Crippen MR) is 112 cm³/mol. The van der Waals surface area contributed by atoms with Crippen molar-refractivity contribution in [2.45, 2.75) is 45.3 Å². The summed E-state index contributed by atoms with van der Waals surface area (Å²) in [7, 11) is 0. The van der Waals surface area contributed by atoms with Gasteiger partial charge in [-0.05, 0) is 51.6 Å². The van der Waals surface area contributed by atoms with Crippen molar-refractivity contribution in [1.29, 1.82) is 0 Å². The normalized spacial score (nSPS) is 24.6. The van der Waals surface area contributed by atoms with Crippen LogP contribution in [0.3, 0.4) is 0 Å². The minimum atomic E-state index is -0.339. The van der Waals surface area contributed by atoms with Crippen molar-refractivity contribution < 1.29 is 9.53 Å². The molecule has 7 heteroatoms. The van der Waals surface area contributed by atoms with Crippen molar-refractivity contribution in [3.8, 4) is 17.6 Å². The van der Waals surface area contributed by atoms with E-state index < -0.39 is 0 Å². The van der Waals surface area contributed by atoms with Gasteiger partial charge in [-0.15, -0.1) is 18.3 Å². The summed E-state index contributed by atoms with van der Waals surface area (Å²) in [6.07, 6.45) is 3.00. The molecule has 148 valence electrons. The number of fused-ring (bicyclic) bond motifs is 2. The van der Waals surface area contributed by atoms with Gasteiger partial charge in [0.15, 0.2) is 6.10 Å². The highest BCUT2D eigenvalue weighted by Gasteiger charge is 2.33. The highest BCUT2D eigenvalue weighted by molar-refractivity contribution is 6.33. The first kappa shape index (κ1) is 21.7. The molecule has 1 aromatic carbocycles. The Morgan fingerprint density at radius 3 is 2.93 bits per heavy atom. The summed E-state index contributed by atoms with van der Waals surface area (Å²) in [6.45, 7) is 6.87. The summed E-state index contributed by atoms with van der Waals surface area (Å²) < 4.78 is 5.83. The Balaban J connectivity index is 0.00000261. The van der Waals surface area contributed by atoms with E-state index >= 15 is 0 Å². The van der Waals surface area contributed by atoms with Gasteiger partial charge in [0.25, 0.3) is 5.91 Å². The number of hydrogen-bond acceptors (Lipinski definition) is 4. The molecule has 2 heterocycles. The summed E-state index contributed by atoms with van der Waals surface area (Å²) in [5.74, 6) is 6.50. The standard InChI is InChI=1S/C20H26ClN3O2.ClH/c1-3-5-13(2)26-19-11-17(22)16(21)10-15(19)20(25)23-18-7-9-24-8-4-6-14(18)12-24;/h10-11,13-14,18H,4,6-9,12,22H2,1-2H3,(H,23,25);1H/t13-,14+,18-;/m0./s1. The quantitative estimate of drug-likeness (QED) is 0.588. The topological polar surface area (TPSA) is 67.6 Å². The smallest absolute Gasteiger partial charge is 0.255 e. The van der Waals surface area contributed by atoms with E-state index in [1.807, 2.05) is 6.92 Å². The average molecular weight is 412 g/mol. The fourth-order valence-electron chi connectivity index (χ4n) is 3.88. The molecule has 2 saturated heterocycles. The van der Waals surface area contributed by atoms with Gasteiger partial charge in [-0.2, -0.15) is 0 Å². The lowest BCUT2D eigenvalue weighted by atomic mass is 9.85. The maximum Gasteiger partial charge on any atom is 0.255 e. The van der Waals surface area contributed by atoms with Crippen LogP contribution < -0.4 is 15.8 Å². The molecule has 0 saturated carbocycles. The molecule has 2 aliphatic rings. The second kappa shape index (κ2) is 9.54. The molecular formula is C20H27Cl2N3O2. The molecule has 1 aromatic rings. The molecule has 3 N–H and O–H groups in total. The molecule has 5 nitrogen and oxygen atoms in total. The van der Waals surface area contributed by atoms with E-state index in [9.17, 15) is 4.79 Å². The largest absolute Gasteiger partial charge is 0.477 e. The van der Waals surface area contributed by atoms with Gasteiger partial charge in [0, 0.05) is 25.2 Å². The van der Waals surface area contributed by atoms with Gasteiger partial charge in [0.2, 0.25) is 0 Å². The number of carbonyl (C=O) groups excluding carboxylic acids is 1. The third-order valence-electron chi connectivity index (χ3n) is 5.18. The molecule has 2 fully saturated rings. The van der Waals surface area contributed by atoms with Crippen molar-refractivity contribution in [3.05, 3.63) is 22.7 Å². The van der Waals surface area contributed by atoms with Crippen LogP contribution in [0, 0.1) is 17.8 Å². The minimum Gasteiger partial charge on any atom is -0.477 e. The van der Waals surface area contributed by atoms with Crippen LogP contribution >= 0.6 is 24.0 Å². The fourth-order valence-corrected chi connectivity index (χ4v) is 4.05. The van der Waals surface area contributed by atoms with Crippen molar-refractivity contribution in [1.82, 2.24) is 10.2 Å². The zero-order chi connectivity index (χ0) is 18.7. The Labute approximate surface area is 172 Å². The molecule has 0 radical (unpaired) electrons. The number of nitrogens with two attached hydrogens (primary N) is 1. The number of halogens is 2. The van der Waals surface area contributed by atoms with Crippen LogP contribution in [-0.4, -0.2) is 42.6 Å². The second-order valence-corrected chi connectivity index (χ2v) is 7.50. The first-order chi connectivity index (χ1) is 12.5. The third-order valence-corrected chi connectivity index (χ3v) is 5.51. The SMILES string of the molecule is CC#C[C@H](C)Oc1cc(N)c(Cl)cc1C(=O)N[C@H]1CCN2CCC[C@@H]1C2.Cl. The van der Waals surface area contributed by atoms with Gasteiger partial charge >= 0.3 is 0 Å². The number of rotatable bonds is 4. The van der Waals surface area contributed by atoms with Gasteiger partial charge < -0.3 is 20.7 Å². The highest BCUT2D eigenvalue weighted by atomic mass is 35.5. The maximum absolute atomic E-state index is 13.0. The van der Waals surface area contributed by atoms with Crippen LogP contribution in [0.5, 0.6) is 5.75 Å². The number of amides is 1. The second-order valence-electron chi connectivity index (χ2n) is 7.10. The van der Waals surface area contributed by atoms with Crippen molar-refractivity contribution >= 4 is 35.6 Å². The van der Waals surface area contributed by atoms with Gasteiger partial charge in [0.1, 0.15) is 5.75 Å². The lowest BCUT2D eigenvalue weighted by Gasteiger charge is -2.42. The number of anilines is 1. The van der Waals surface area contributed by atoms with Crippen LogP contribution in [-0.2, 0) is 0 Å². The van der Waals surface area contributed by atoms with Crippen molar-refractivity contribution in [2.75, 3.05) is 25.4 Å². The number of piperidine rings is 2. The minimum absolute atomic E-state index is 0. The van der Waals surface area contributed by atoms with Crippen LogP contribution in [0.25, 0.3) is 0 Å². The van der Waals surface area contributed by atoms with Crippen molar-refractivity contribution in [3.63, 3.8) is 0 Å². The van der Waals surface area contributed by atoms with Gasteiger partial charge in [-0.3, -0.25) is 4.79 Å². The molecule has 0 spiro atoms. The number of nitrogens with zero attached hydrogens (tertiary/aromatic N) is 1. The van der Waals surface area contributed by atoms with Crippen LogP contribution in [0.2, 0.25) is 5.02 Å². The molecule has 3 rings (SSSR count). The maximum atomic E-state index is 13.0. The first-order valence-corrected chi connectivity index (χ1v) is 9.57. The number of carbonyl (C=O) groups is 1. The number of hydrogen-bond donors (Lipinski definition) is 2. The molecule has 4 atom stereocenters. The lowest BCUT2D eigenvalue weighted by Crippen LogP contribution is -2.53. The van der Waals surface area contributed by atoms with Crippen LogP contribution in [0.1, 0.15) is 43.5 Å². The Hall–Kier alpha value is -1.61. The number of benzene rings is 1. The van der Waals surface area contributed by atoms with E-state index in [0.717, 1.165) is 25.9 Å². The molecule has 2 aliphatic heterocycles. The first-order valence-electron chi connectivity index (χ1n) is 9.19.